The number of rotatable bonds is 5. The molecule has 2 unspecified atom stereocenters. The quantitative estimate of drug-likeness (QED) is 0.719. The highest BCUT2D eigenvalue weighted by atomic mass is 16.5. The molecular weight excluding hydrogens is 176 g/mol. The van der Waals surface area contributed by atoms with Gasteiger partial charge in [0, 0.05) is 25.7 Å². The summed E-state index contributed by atoms with van der Waals surface area (Å²) in [6, 6.07) is 0.588. The van der Waals surface area contributed by atoms with Gasteiger partial charge in [0.05, 0.1) is 6.10 Å². The molecule has 0 saturated carbocycles. The first-order valence-corrected chi connectivity index (χ1v) is 5.70. The van der Waals surface area contributed by atoms with Crippen molar-refractivity contribution in [2.75, 3.05) is 33.8 Å². The maximum absolute atomic E-state index is 5.71. The van der Waals surface area contributed by atoms with E-state index in [2.05, 4.69) is 24.2 Å². The Kier molecular flexibility index (Phi) is 5.45. The van der Waals surface area contributed by atoms with Crippen molar-refractivity contribution >= 4 is 0 Å². The minimum Gasteiger partial charge on any atom is -0.377 e. The van der Waals surface area contributed by atoms with Gasteiger partial charge in [-0.3, -0.25) is 4.90 Å². The van der Waals surface area contributed by atoms with Gasteiger partial charge in [-0.1, -0.05) is 0 Å². The van der Waals surface area contributed by atoms with Crippen LogP contribution in [-0.4, -0.2) is 50.8 Å². The number of hydrogen-bond acceptors (Lipinski definition) is 3. The van der Waals surface area contributed by atoms with Gasteiger partial charge in [-0.15, -0.1) is 0 Å². The van der Waals surface area contributed by atoms with Gasteiger partial charge in [0.1, 0.15) is 0 Å². The first-order valence-electron chi connectivity index (χ1n) is 5.70. The number of ether oxygens (including phenoxy) is 1. The lowest BCUT2D eigenvalue weighted by molar-refractivity contribution is -0.00678. The second-order valence-electron chi connectivity index (χ2n) is 4.33. The van der Waals surface area contributed by atoms with Gasteiger partial charge >= 0.3 is 0 Å². The van der Waals surface area contributed by atoms with Crippen LogP contribution in [0.2, 0.25) is 0 Å². The summed E-state index contributed by atoms with van der Waals surface area (Å²) < 4.78 is 5.71. The second-order valence-corrected chi connectivity index (χ2v) is 4.33. The van der Waals surface area contributed by atoms with Crippen molar-refractivity contribution in [3.05, 3.63) is 0 Å². The van der Waals surface area contributed by atoms with E-state index in [4.69, 9.17) is 4.74 Å². The molecule has 0 spiro atoms. The third-order valence-electron chi connectivity index (χ3n) is 3.02. The molecule has 1 fully saturated rings. The van der Waals surface area contributed by atoms with Crippen LogP contribution in [0.15, 0.2) is 0 Å². The Bertz CT molecular complexity index is 146. The van der Waals surface area contributed by atoms with Crippen molar-refractivity contribution in [2.45, 2.75) is 38.3 Å². The summed E-state index contributed by atoms with van der Waals surface area (Å²) in [6.45, 7) is 5.32. The molecular formula is C11H24N2O. The molecule has 0 aliphatic carbocycles. The molecule has 1 saturated heterocycles. The predicted molar refractivity (Wildman–Crippen MR) is 59.6 cm³/mol. The zero-order valence-corrected chi connectivity index (χ0v) is 9.75. The van der Waals surface area contributed by atoms with Gasteiger partial charge in [0.15, 0.2) is 0 Å². The van der Waals surface area contributed by atoms with Crippen LogP contribution in [0.3, 0.4) is 0 Å². The molecule has 1 N–H and O–H groups in total. The minimum atomic E-state index is 0.466. The lowest BCUT2D eigenvalue weighted by atomic mass is 10.1. The van der Waals surface area contributed by atoms with Gasteiger partial charge in [0.25, 0.3) is 0 Å². The molecule has 1 aliphatic rings. The highest BCUT2D eigenvalue weighted by Gasteiger charge is 2.18. The van der Waals surface area contributed by atoms with Crippen LogP contribution in [-0.2, 0) is 4.74 Å². The number of hydrogen-bond donors (Lipinski definition) is 1. The second kappa shape index (κ2) is 6.38. The van der Waals surface area contributed by atoms with Crippen LogP contribution >= 0.6 is 0 Å². The van der Waals surface area contributed by atoms with Crippen molar-refractivity contribution < 1.29 is 4.74 Å². The molecule has 2 atom stereocenters. The lowest BCUT2D eigenvalue weighted by Gasteiger charge is -2.31. The Labute approximate surface area is 87.8 Å². The van der Waals surface area contributed by atoms with E-state index in [1.54, 1.807) is 0 Å². The summed E-state index contributed by atoms with van der Waals surface area (Å²) in [7, 11) is 4.18. The normalized spacial score (nSPS) is 25.3. The predicted octanol–water partition coefficient (Wildman–Crippen LogP) is 1.10. The van der Waals surface area contributed by atoms with Gasteiger partial charge < -0.3 is 10.1 Å². The molecule has 0 radical (unpaired) electrons. The van der Waals surface area contributed by atoms with Crippen LogP contribution < -0.4 is 5.32 Å². The number of likely N-dealkylation sites (N-methyl/N-ethyl adjacent to an activating group) is 2. The molecule has 0 aromatic rings. The monoisotopic (exact) mass is 200 g/mol. The van der Waals surface area contributed by atoms with Crippen molar-refractivity contribution in [1.82, 2.24) is 10.2 Å². The zero-order chi connectivity index (χ0) is 10.4. The van der Waals surface area contributed by atoms with Crippen LogP contribution in [0.4, 0.5) is 0 Å². The highest BCUT2D eigenvalue weighted by Crippen LogP contribution is 2.14. The number of nitrogens with one attached hydrogen (secondary N) is 1. The molecule has 1 heterocycles. The molecule has 14 heavy (non-hydrogen) atoms. The SMILES string of the molecule is CNCC(C)N(C)CC1CCCCO1. The summed E-state index contributed by atoms with van der Waals surface area (Å²) in [5, 5.41) is 3.20. The molecule has 1 rings (SSSR count). The Hall–Kier alpha value is -0.120. The lowest BCUT2D eigenvalue weighted by Crippen LogP contribution is -2.42. The van der Waals surface area contributed by atoms with Gasteiger partial charge in [-0.25, -0.2) is 0 Å². The van der Waals surface area contributed by atoms with Gasteiger partial charge in [-0.2, -0.15) is 0 Å². The standard InChI is InChI=1S/C11H24N2O/c1-10(8-12-2)13(3)9-11-6-4-5-7-14-11/h10-12H,4-9H2,1-3H3. The first kappa shape index (κ1) is 12.0. The molecule has 1 aliphatic heterocycles. The van der Waals surface area contributed by atoms with Gasteiger partial charge in [-0.05, 0) is 40.3 Å². The first-order chi connectivity index (χ1) is 6.74. The fraction of sp³-hybridized carbons (Fsp3) is 1.00. The summed E-state index contributed by atoms with van der Waals surface area (Å²) in [6.07, 6.45) is 4.27. The van der Waals surface area contributed by atoms with Crippen molar-refractivity contribution in [2.24, 2.45) is 0 Å². The summed E-state index contributed by atoms with van der Waals surface area (Å²) in [4.78, 5) is 2.38. The van der Waals surface area contributed by atoms with Crippen LogP contribution in [0, 0.1) is 0 Å². The fourth-order valence-electron chi connectivity index (χ4n) is 1.90. The Morgan fingerprint density at radius 3 is 2.86 bits per heavy atom. The largest absolute Gasteiger partial charge is 0.377 e. The smallest absolute Gasteiger partial charge is 0.0702 e. The summed E-state index contributed by atoms with van der Waals surface area (Å²) in [5.41, 5.74) is 0. The van der Waals surface area contributed by atoms with E-state index in [1.807, 2.05) is 7.05 Å². The van der Waals surface area contributed by atoms with Crippen LogP contribution in [0.25, 0.3) is 0 Å². The Balaban J connectivity index is 2.20. The van der Waals surface area contributed by atoms with E-state index >= 15 is 0 Å². The number of nitrogens with zero attached hydrogens (tertiary/aromatic N) is 1. The third-order valence-corrected chi connectivity index (χ3v) is 3.02. The van der Waals surface area contributed by atoms with Crippen molar-refractivity contribution in [1.29, 1.82) is 0 Å². The molecule has 84 valence electrons. The molecule has 0 bridgehead atoms. The van der Waals surface area contributed by atoms with E-state index in [1.165, 1.54) is 19.3 Å². The topological polar surface area (TPSA) is 24.5 Å². The van der Waals surface area contributed by atoms with Crippen LogP contribution in [0.5, 0.6) is 0 Å². The fourth-order valence-corrected chi connectivity index (χ4v) is 1.90. The average molecular weight is 200 g/mol. The van der Waals surface area contributed by atoms with Crippen molar-refractivity contribution in [3.8, 4) is 0 Å². The molecule has 3 nitrogen and oxygen atoms in total. The van der Waals surface area contributed by atoms with E-state index < -0.39 is 0 Å². The van der Waals surface area contributed by atoms with Crippen molar-refractivity contribution in [3.63, 3.8) is 0 Å². The van der Waals surface area contributed by atoms with E-state index in [0.717, 1.165) is 19.7 Å². The maximum Gasteiger partial charge on any atom is 0.0702 e. The van der Waals surface area contributed by atoms with E-state index in [-0.39, 0.29) is 0 Å². The molecule has 0 aromatic heterocycles. The average Bonchev–Trinajstić information content (AvgIpc) is 2.19. The molecule has 3 heteroatoms. The van der Waals surface area contributed by atoms with E-state index in [0.29, 0.717) is 12.1 Å². The highest BCUT2D eigenvalue weighted by molar-refractivity contribution is 4.72. The van der Waals surface area contributed by atoms with Gasteiger partial charge in [0.2, 0.25) is 0 Å². The zero-order valence-electron chi connectivity index (χ0n) is 9.75. The van der Waals surface area contributed by atoms with E-state index in [9.17, 15) is 0 Å². The summed E-state index contributed by atoms with van der Waals surface area (Å²) >= 11 is 0. The Morgan fingerprint density at radius 1 is 1.50 bits per heavy atom. The van der Waals surface area contributed by atoms with Crippen LogP contribution in [0.1, 0.15) is 26.2 Å². The maximum atomic E-state index is 5.71. The molecule has 0 aromatic carbocycles. The summed E-state index contributed by atoms with van der Waals surface area (Å²) in [5.74, 6) is 0. The minimum absolute atomic E-state index is 0.466. The third kappa shape index (κ3) is 3.95. The molecule has 0 amide bonds. The Morgan fingerprint density at radius 2 is 2.29 bits per heavy atom.